The summed E-state index contributed by atoms with van der Waals surface area (Å²) in [5.41, 5.74) is -1.64. The number of hydrogen-bond donors (Lipinski definition) is 2. The summed E-state index contributed by atoms with van der Waals surface area (Å²) in [4.78, 5) is 16.6. The van der Waals surface area contributed by atoms with Crippen LogP contribution in [0.3, 0.4) is 0 Å². The number of hydrogen-bond acceptors (Lipinski definition) is 5. The van der Waals surface area contributed by atoms with Crippen LogP contribution in [0, 0.1) is 0 Å². The quantitative estimate of drug-likeness (QED) is 0.699. The third kappa shape index (κ3) is 3.77. The Morgan fingerprint density at radius 2 is 1.79 bits per heavy atom. The van der Waals surface area contributed by atoms with Crippen LogP contribution in [0.2, 0.25) is 0 Å². The second kappa shape index (κ2) is 7.73. The highest BCUT2D eigenvalue weighted by molar-refractivity contribution is 5.69. The Morgan fingerprint density at radius 3 is 2.29 bits per heavy atom. The highest BCUT2D eigenvalue weighted by Gasteiger charge is 2.49. The van der Waals surface area contributed by atoms with E-state index in [4.69, 9.17) is 4.74 Å². The zero-order chi connectivity index (χ0) is 19.9. The average molecular weight is 398 g/mol. The minimum atomic E-state index is -1.54. The van der Waals surface area contributed by atoms with E-state index in [2.05, 4.69) is 17.1 Å². The molecule has 0 aromatic rings. The Kier molecular flexibility index (Phi) is 5.62. The molecule has 3 aliphatic heterocycles. The summed E-state index contributed by atoms with van der Waals surface area (Å²) in [6, 6.07) is 0.915. The zero-order valence-electron chi connectivity index (χ0n) is 17.3. The number of halogens is 1. The lowest BCUT2D eigenvalue weighted by Crippen LogP contribution is -2.62. The van der Waals surface area contributed by atoms with E-state index in [1.54, 1.807) is 0 Å². The third-order valence-corrected chi connectivity index (χ3v) is 7.76. The van der Waals surface area contributed by atoms with Crippen molar-refractivity contribution in [1.29, 1.82) is 0 Å². The number of nitrogens with zero attached hydrogens (tertiary/aromatic N) is 2. The summed E-state index contributed by atoms with van der Waals surface area (Å²) < 4.78 is 20.6. The van der Waals surface area contributed by atoms with Gasteiger partial charge in [0, 0.05) is 36.8 Å². The molecule has 7 heteroatoms. The molecule has 4 fully saturated rings. The Labute approximate surface area is 167 Å². The first-order chi connectivity index (χ1) is 13.3. The first-order valence-electron chi connectivity index (χ1n) is 11.2. The second-order valence-electron chi connectivity index (χ2n) is 9.65. The van der Waals surface area contributed by atoms with Gasteiger partial charge in [-0.1, -0.05) is 0 Å². The lowest BCUT2D eigenvalue weighted by molar-refractivity contribution is -0.0938. The lowest BCUT2D eigenvalue weighted by Gasteiger charge is -2.48. The number of aliphatic hydroxyl groups excluding tert-OH is 1. The van der Waals surface area contributed by atoms with Crippen LogP contribution in [0.5, 0.6) is 0 Å². The van der Waals surface area contributed by atoms with Gasteiger partial charge in [0.1, 0.15) is 6.23 Å². The molecule has 0 spiro atoms. The summed E-state index contributed by atoms with van der Waals surface area (Å²) in [7, 11) is 0. The van der Waals surface area contributed by atoms with Crippen LogP contribution >= 0.6 is 0 Å². The summed E-state index contributed by atoms with van der Waals surface area (Å²) >= 11 is 0. The van der Waals surface area contributed by atoms with Crippen molar-refractivity contribution in [2.45, 2.75) is 107 Å². The maximum Gasteiger partial charge on any atom is 0.410 e. The van der Waals surface area contributed by atoms with Gasteiger partial charge < -0.3 is 14.7 Å². The van der Waals surface area contributed by atoms with E-state index in [1.807, 2.05) is 11.8 Å². The molecule has 4 rings (SSSR count). The molecule has 2 N–H and O–H groups in total. The van der Waals surface area contributed by atoms with Gasteiger partial charge in [-0.15, -0.1) is 0 Å². The lowest BCUT2D eigenvalue weighted by atomic mass is 9.77. The second-order valence-corrected chi connectivity index (χ2v) is 9.65. The molecule has 160 valence electrons. The van der Waals surface area contributed by atoms with E-state index in [1.165, 1.54) is 0 Å². The maximum absolute atomic E-state index is 15.4. The fraction of sp³-hybridized carbons (Fsp3) is 0.952. The van der Waals surface area contributed by atoms with Crippen molar-refractivity contribution >= 4 is 6.09 Å². The van der Waals surface area contributed by atoms with Crippen LogP contribution in [0.1, 0.15) is 71.6 Å². The molecule has 0 aromatic heterocycles. The zero-order valence-corrected chi connectivity index (χ0v) is 17.3. The number of amides is 1. The number of likely N-dealkylation sites (tertiary alicyclic amines) is 1. The van der Waals surface area contributed by atoms with Crippen LogP contribution in [0.15, 0.2) is 0 Å². The Hall–Kier alpha value is -0.920. The Balaban J connectivity index is 1.30. The number of carbonyl (C=O) groups excluding carboxylic acids is 1. The molecule has 1 amide bonds. The third-order valence-electron chi connectivity index (χ3n) is 7.76. The van der Waals surface area contributed by atoms with E-state index in [9.17, 15) is 9.90 Å². The summed E-state index contributed by atoms with van der Waals surface area (Å²) in [5, 5.41) is 13.7. The van der Waals surface area contributed by atoms with Gasteiger partial charge >= 0.3 is 6.09 Å². The molecule has 28 heavy (non-hydrogen) atoms. The van der Waals surface area contributed by atoms with E-state index >= 15 is 4.39 Å². The molecular weight excluding hydrogens is 361 g/mol. The molecule has 0 aromatic carbocycles. The monoisotopic (exact) mass is 397 g/mol. The van der Waals surface area contributed by atoms with Crippen molar-refractivity contribution in [2.24, 2.45) is 0 Å². The van der Waals surface area contributed by atoms with Gasteiger partial charge in [0.15, 0.2) is 5.67 Å². The predicted octanol–water partition coefficient (Wildman–Crippen LogP) is 2.79. The molecule has 3 unspecified atom stereocenters. The van der Waals surface area contributed by atoms with Crippen molar-refractivity contribution in [3.63, 3.8) is 0 Å². The molecule has 1 saturated carbocycles. The maximum atomic E-state index is 15.4. The van der Waals surface area contributed by atoms with Gasteiger partial charge in [-0.3, -0.25) is 10.2 Å². The van der Waals surface area contributed by atoms with Crippen molar-refractivity contribution in [3.8, 4) is 0 Å². The van der Waals surface area contributed by atoms with Gasteiger partial charge in [-0.25, -0.2) is 9.18 Å². The molecule has 4 aliphatic rings. The SMILES string of the molecule is CCOC(=O)N1C2CCC1CC(N1CCC(F)(C(O)NC3(C)CCC3)CC1)C2. The molecule has 6 nitrogen and oxygen atoms in total. The number of nitrogens with one attached hydrogen (secondary N) is 1. The van der Waals surface area contributed by atoms with Gasteiger partial charge in [0.25, 0.3) is 0 Å². The molecule has 3 atom stereocenters. The van der Waals surface area contributed by atoms with Crippen molar-refractivity contribution < 1.29 is 19.0 Å². The number of alkyl halides is 1. The largest absolute Gasteiger partial charge is 0.450 e. The van der Waals surface area contributed by atoms with Crippen molar-refractivity contribution in [2.75, 3.05) is 19.7 Å². The average Bonchev–Trinajstić information content (AvgIpc) is 2.91. The summed E-state index contributed by atoms with van der Waals surface area (Å²) in [5.74, 6) is 0. The smallest absolute Gasteiger partial charge is 0.410 e. The fourth-order valence-electron chi connectivity index (χ4n) is 5.79. The first kappa shape index (κ1) is 20.4. The van der Waals surface area contributed by atoms with Crippen LogP contribution in [-0.2, 0) is 4.74 Å². The number of carbonyl (C=O) groups is 1. The normalized spacial score (nSPS) is 35.3. The molecule has 0 radical (unpaired) electrons. The topological polar surface area (TPSA) is 65.0 Å². The number of aliphatic hydroxyl groups is 1. The minimum Gasteiger partial charge on any atom is -0.450 e. The molecule has 3 heterocycles. The van der Waals surface area contributed by atoms with Crippen LogP contribution in [0.25, 0.3) is 0 Å². The van der Waals surface area contributed by atoms with Gasteiger partial charge in [-0.05, 0) is 71.6 Å². The van der Waals surface area contributed by atoms with E-state index in [0.717, 1.165) is 44.9 Å². The van der Waals surface area contributed by atoms with Crippen LogP contribution in [0.4, 0.5) is 9.18 Å². The number of piperidine rings is 2. The molecule has 3 saturated heterocycles. The summed E-state index contributed by atoms with van der Waals surface area (Å²) in [6.45, 7) is 5.69. The Bertz CT molecular complexity index is 563. The molecular formula is C21H36FN3O3. The first-order valence-corrected chi connectivity index (χ1v) is 11.2. The number of ether oxygens (including phenoxy) is 1. The Morgan fingerprint density at radius 1 is 1.18 bits per heavy atom. The highest BCUT2D eigenvalue weighted by atomic mass is 19.1. The fourth-order valence-corrected chi connectivity index (χ4v) is 5.79. The van der Waals surface area contributed by atoms with Gasteiger partial charge in [0.2, 0.25) is 0 Å². The standard InChI is InChI=1S/C21H36FN3O3/c1-3-28-19(27)25-15-5-6-16(25)14-17(13-15)24-11-9-21(22,10-12-24)18(26)23-20(2)7-4-8-20/h15-18,23,26H,3-14H2,1-2H3. The van der Waals surface area contributed by atoms with E-state index in [0.29, 0.717) is 38.6 Å². The van der Waals surface area contributed by atoms with Gasteiger partial charge in [-0.2, -0.15) is 0 Å². The predicted molar refractivity (Wildman–Crippen MR) is 105 cm³/mol. The van der Waals surface area contributed by atoms with Crippen LogP contribution in [-0.4, -0.2) is 76.3 Å². The van der Waals surface area contributed by atoms with E-state index < -0.39 is 11.9 Å². The van der Waals surface area contributed by atoms with Crippen LogP contribution < -0.4 is 5.32 Å². The molecule has 1 aliphatic carbocycles. The molecule has 2 bridgehead atoms. The van der Waals surface area contributed by atoms with Crippen molar-refractivity contribution in [3.05, 3.63) is 0 Å². The number of rotatable bonds is 5. The summed E-state index contributed by atoms with van der Waals surface area (Å²) in [6.07, 6.45) is 6.63. The van der Waals surface area contributed by atoms with Gasteiger partial charge in [0.05, 0.1) is 6.61 Å². The van der Waals surface area contributed by atoms with Crippen molar-refractivity contribution in [1.82, 2.24) is 15.1 Å². The minimum absolute atomic E-state index is 0.102. The van der Waals surface area contributed by atoms with E-state index in [-0.39, 0.29) is 23.7 Å². The number of fused-ring (bicyclic) bond motifs is 2. The highest BCUT2D eigenvalue weighted by Crippen LogP contribution is 2.41.